The molecule has 1 fully saturated rings. The maximum absolute atomic E-state index is 12.8. The third-order valence-corrected chi connectivity index (χ3v) is 5.05. The zero-order chi connectivity index (χ0) is 18.5. The Morgan fingerprint density at radius 2 is 1.96 bits per heavy atom. The summed E-state index contributed by atoms with van der Waals surface area (Å²) < 4.78 is 0. The van der Waals surface area contributed by atoms with Gasteiger partial charge in [0.2, 0.25) is 5.95 Å². The summed E-state index contributed by atoms with van der Waals surface area (Å²) in [5.74, 6) is 1.04. The number of nitrogens with one attached hydrogen (secondary N) is 1. The first-order valence-corrected chi connectivity index (χ1v) is 9.62. The molecule has 138 valence electrons. The van der Waals surface area contributed by atoms with Gasteiger partial charge in [0.25, 0.3) is 5.91 Å². The van der Waals surface area contributed by atoms with Gasteiger partial charge in [0, 0.05) is 25.0 Å². The van der Waals surface area contributed by atoms with E-state index in [0.717, 1.165) is 38.0 Å². The Balaban J connectivity index is 1.83. The van der Waals surface area contributed by atoms with Crippen LogP contribution in [0.15, 0.2) is 30.5 Å². The average Bonchev–Trinajstić information content (AvgIpc) is 2.67. The predicted octanol–water partition coefficient (Wildman–Crippen LogP) is 4.22. The molecule has 1 unspecified atom stereocenters. The third kappa shape index (κ3) is 4.03. The molecule has 1 atom stereocenters. The van der Waals surface area contributed by atoms with Crippen LogP contribution in [0.2, 0.25) is 0 Å². The molecule has 1 aliphatic heterocycles. The highest BCUT2D eigenvalue weighted by atomic mass is 16.2. The first kappa shape index (κ1) is 18.4. The second-order valence-electron chi connectivity index (χ2n) is 7.05. The Labute approximate surface area is 155 Å². The van der Waals surface area contributed by atoms with Crippen LogP contribution in [0, 0.1) is 5.92 Å². The molecule has 1 amide bonds. The van der Waals surface area contributed by atoms with Gasteiger partial charge in [0.15, 0.2) is 0 Å². The molecular formula is C21H28N4O. The van der Waals surface area contributed by atoms with Crippen molar-refractivity contribution in [2.24, 2.45) is 5.92 Å². The number of aromatic nitrogens is 2. The SMILES string of the molecule is CCc1cccc(CC)c1Nc1nccc(C(=O)N2CCCC(C)C2)n1. The van der Waals surface area contributed by atoms with Gasteiger partial charge in [0.1, 0.15) is 5.69 Å². The highest BCUT2D eigenvalue weighted by molar-refractivity contribution is 5.92. The molecule has 26 heavy (non-hydrogen) atoms. The van der Waals surface area contributed by atoms with Gasteiger partial charge in [-0.05, 0) is 48.8 Å². The van der Waals surface area contributed by atoms with Crippen molar-refractivity contribution < 1.29 is 4.79 Å². The van der Waals surface area contributed by atoms with E-state index in [2.05, 4.69) is 54.3 Å². The molecule has 0 bridgehead atoms. The first-order chi connectivity index (χ1) is 12.6. The third-order valence-electron chi connectivity index (χ3n) is 5.05. The van der Waals surface area contributed by atoms with Crippen LogP contribution in [0.3, 0.4) is 0 Å². The van der Waals surface area contributed by atoms with Crippen LogP contribution in [-0.2, 0) is 12.8 Å². The molecule has 2 aromatic rings. The molecule has 1 aromatic heterocycles. The lowest BCUT2D eigenvalue weighted by molar-refractivity contribution is 0.0677. The number of nitrogens with zero attached hydrogens (tertiary/aromatic N) is 3. The van der Waals surface area contributed by atoms with E-state index in [9.17, 15) is 4.79 Å². The molecule has 5 nitrogen and oxygen atoms in total. The maximum atomic E-state index is 12.8. The van der Waals surface area contributed by atoms with E-state index in [1.165, 1.54) is 17.5 Å². The largest absolute Gasteiger partial charge is 0.337 e. The van der Waals surface area contributed by atoms with Crippen LogP contribution in [0.1, 0.15) is 55.2 Å². The Hall–Kier alpha value is -2.43. The van der Waals surface area contributed by atoms with Gasteiger partial charge in [-0.15, -0.1) is 0 Å². The molecule has 0 saturated carbocycles. The normalized spacial score (nSPS) is 17.2. The van der Waals surface area contributed by atoms with E-state index in [0.29, 0.717) is 17.6 Å². The van der Waals surface area contributed by atoms with Gasteiger partial charge in [-0.3, -0.25) is 4.79 Å². The minimum absolute atomic E-state index is 0.00138. The van der Waals surface area contributed by atoms with Crippen LogP contribution < -0.4 is 5.32 Å². The number of anilines is 2. The van der Waals surface area contributed by atoms with Crippen molar-refractivity contribution in [3.8, 4) is 0 Å². The summed E-state index contributed by atoms with van der Waals surface area (Å²) in [7, 11) is 0. The number of likely N-dealkylation sites (tertiary alicyclic amines) is 1. The van der Waals surface area contributed by atoms with E-state index in [-0.39, 0.29) is 5.91 Å². The van der Waals surface area contributed by atoms with Gasteiger partial charge < -0.3 is 10.2 Å². The number of piperidine rings is 1. The quantitative estimate of drug-likeness (QED) is 0.875. The number of rotatable bonds is 5. The summed E-state index contributed by atoms with van der Waals surface area (Å²) >= 11 is 0. The lowest BCUT2D eigenvalue weighted by atomic mass is 10.00. The zero-order valence-corrected chi connectivity index (χ0v) is 16.0. The summed E-state index contributed by atoms with van der Waals surface area (Å²) in [6.45, 7) is 8.09. The molecule has 1 aromatic carbocycles. The fourth-order valence-corrected chi connectivity index (χ4v) is 3.59. The van der Waals surface area contributed by atoms with Crippen LogP contribution in [0.25, 0.3) is 0 Å². The van der Waals surface area contributed by atoms with Crippen molar-refractivity contribution in [2.45, 2.75) is 46.5 Å². The van der Waals surface area contributed by atoms with Crippen LogP contribution in [-0.4, -0.2) is 33.9 Å². The zero-order valence-electron chi connectivity index (χ0n) is 16.0. The molecule has 2 heterocycles. The molecule has 3 rings (SSSR count). The predicted molar refractivity (Wildman–Crippen MR) is 105 cm³/mol. The number of amides is 1. The van der Waals surface area contributed by atoms with Crippen molar-refractivity contribution in [3.63, 3.8) is 0 Å². The second kappa shape index (κ2) is 8.30. The molecule has 0 spiro atoms. The van der Waals surface area contributed by atoms with Crippen molar-refractivity contribution in [3.05, 3.63) is 47.3 Å². The van der Waals surface area contributed by atoms with E-state index >= 15 is 0 Å². The lowest BCUT2D eigenvalue weighted by Crippen LogP contribution is -2.39. The molecule has 1 saturated heterocycles. The Morgan fingerprint density at radius 3 is 2.62 bits per heavy atom. The fraction of sp³-hybridized carbons (Fsp3) is 0.476. The monoisotopic (exact) mass is 352 g/mol. The molecule has 0 aliphatic carbocycles. The first-order valence-electron chi connectivity index (χ1n) is 9.62. The van der Waals surface area contributed by atoms with E-state index < -0.39 is 0 Å². The highest BCUT2D eigenvalue weighted by Gasteiger charge is 2.23. The average molecular weight is 352 g/mol. The minimum atomic E-state index is 0.00138. The molecular weight excluding hydrogens is 324 g/mol. The van der Waals surface area contributed by atoms with Crippen LogP contribution in [0.5, 0.6) is 0 Å². The molecule has 1 aliphatic rings. The van der Waals surface area contributed by atoms with Gasteiger partial charge in [-0.1, -0.05) is 39.0 Å². The molecule has 0 radical (unpaired) electrons. The summed E-state index contributed by atoms with van der Waals surface area (Å²) in [6.07, 6.45) is 5.78. The molecule has 5 heteroatoms. The summed E-state index contributed by atoms with van der Waals surface area (Å²) in [6, 6.07) is 8.03. The summed E-state index contributed by atoms with van der Waals surface area (Å²) in [4.78, 5) is 23.6. The van der Waals surface area contributed by atoms with Gasteiger partial charge >= 0.3 is 0 Å². The second-order valence-corrected chi connectivity index (χ2v) is 7.05. The number of benzene rings is 1. The van der Waals surface area contributed by atoms with Crippen molar-refractivity contribution in [1.29, 1.82) is 0 Å². The number of hydrogen-bond acceptors (Lipinski definition) is 4. The van der Waals surface area contributed by atoms with Crippen molar-refractivity contribution >= 4 is 17.5 Å². The Kier molecular flexibility index (Phi) is 5.86. The topological polar surface area (TPSA) is 58.1 Å². The van der Waals surface area contributed by atoms with Crippen molar-refractivity contribution in [2.75, 3.05) is 18.4 Å². The van der Waals surface area contributed by atoms with Crippen molar-refractivity contribution in [1.82, 2.24) is 14.9 Å². The lowest BCUT2D eigenvalue weighted by Gasteiger charge is -2.30. The number of para-hydroxylation sites is 1. The number of carbonyl (C=O) groups is 1. The fourth-order valence-electron chi connectivity index (χ4n) is 3.59. The number of carbonyl (C=O) groups excluding carboxylic acids is 1. The van der Waals surface area contributed by atoms with Gasteiger partial charge in [0.05, 0.1) is 0 Å². The Morgan fingerprint density at radius 1 is 1.23 bits per heavy atom. The summed E-state index contributed by atoms with van der Waals surface area (Å²) in [5.41, 5.74) is 3.99. The maximum Gasteiger partial charge on any atom is 0.272 e. The van der Waals surface area contributed by atoms with Crippen LogP contribution in [0.4, 0.5) is 11.6 Å². The van der Waals surface area contributed by atoms with E-state index in [4.69, 9.17) is 0 Å². The number of hydrogen-bond donors (Lipinski definition) is 1. The highest BCUT2D eigenvalue weighted by Crippen LogP contribution is 2.25. The molecule has 1 N–H and O–H groups in total. The van der Waals surface area contributed by atoms with E-state index in [1.54, 1.807) is 12.3 Å². The standard InChI is InChI=1S/C21H28N4O/c1-4-16-9-6-10-17(5-2)19(16)24-21-22-12-11-18(23-21)20(26)25-13-7-8-15(3)14-25/h6,9-12,15H,4-5,7-8,13-14H2,1-3H3,(H,22,23,24). The van der Waals surface area contributed by atoms with E-state index in [1.807, 2.05) is 4.90 Å². The summed E-state index contributed by atoms with van der Waals surface area (Å²) in [5, 5.41) is 3.36. The minimum Gasteiger partial charge on any atom is -0.337 e. The van der Waals surface area contributed by atoms with Gasteiger partial charge in [-0.25, -0.2) is 9.97 Å². The number of aryl methyl sites for hydroxylation is 2. The Bertz CT molecular complexity index is 752. The van der Waals surface area contributed by atoms with Crippen LogP contribution >= 0.6 is 0 Å². The van der Waals surface area contributed by atoms with Gasteiger partial charge in [-0.2, -0.15) is 0 Å². The smallest absolute Gasteiger partial charge is 0.272 e.